The molecule has 4 rings (SSSR count). The summed E-state index contributed by atoms with van der Waals surface area (Å²) >= 11 is 7.35. The van der Waals surface area contributed by atoms with E-state index >= 15 is 0 Å². The Morgan fingerprint density at radius 2 is 2.11 bits per heavy atom. The quantitative estimate of drug-likeness (QED) is 0.593. The molecule has 1 N–H and O–H groups in total. The molecule has 1 aromatic carbocycles. The predicted octanol–water partition coefficient (Wildman–Crippen LogP) is 5.09. The zero-order chi connectivity index (χ0) is 19.5. The number of hydrogen-bond donors (Lipinski definition) is 1. The minimum Gasteiger partial charge on any atom is -0.298 e. The number of amides is 1. The van der Waals surface area contributed by atoms with Gasteiger partial charge in [0.25, 0.3) is 5.91 Å². The molecule has 0 aliphatic carbocycles. The lowest BCUT2D eigenvalue weighted by Crippen LogP contribution is -2.23. The minimum atomic E-state index is -0.128. The van der Waals surface area contributed by atoms with E-state index < -0.39 is 0 Å². The SMILES string of the molecule is Cc1ccc(C(=O)Nc2nc(C3CCCN3Cc3ccc(Cl)nc3)cs2)cc1. The van der Waals surface area contributed by atoms with Gasteiger partial charge in [-0.1, -0.05) is 35.4 Å². The van der Waals surface area contributed by atoms with E-state index in [2.05, 4.69) is 20.2 Å². The van der Waals surface area contributed by atoms with Gasteiger partial charge in [0, 0.05) is 23.7 Å². The number of nitrogens with one attached hydrogen (secondary N) is 1. The number of hydrogen-bond acceptors (Lipinski definition) is 5. The van der Waals surface area contributed by atoms with E-state index in [0.717, 1.165) is 42.8 Å². The fourth-order valence-corrected chi connectivity index (χ4v) is 4.32. The first kappa shape index (κ1) is 19.1. The van der Waals surface area contributed by atoms with Crippen molar-refractivity contribution in [3.05, 3.63) is 75.5 Å². The summed E-state index contributed by atoms with van der Waals surface area (Å²) in [5.41, 5.74) is 3.92. The van der Waals surface area contributed by atoms with Crippen molar-refractivity contribution >= 4 is 34.0 Å². The molecule has 0 spiro atoms. The van der Waals surface area contributed by atoms with Crippen LogP contribution in [0.1, 0.15) is 46.1 Å². The van der Waals surface area contributed by atoms with Crippen LogP contribution in [0, 0.1) is 6.92 Å². The highest BCUT2D eigenvalue weighted by molar-refractivity contribution is 7.14. The molecular formula is C21H21ClN4OS. The average Bonchev–Trinajstić information content (AvgIpc) is 3.33. The fourth-order valence-electron chi connectivity index (χ4n) is 3.46. The van der Waals surface area contributed by atoms with Crippen LogP contribution in [0.15, 0.2) is 48.0 Å². The zero-order valence-electron chi connectivity index (χ0n) is 15.6. The Balaban J connectivity index is 1.43. The van der Waals surface area contributed by atoms with Gasteiger partial charge in [0.15, 0.2) is 5.13 Å². The number of thiazole rings is 1. The number of rotatable bonds is 5. The fraction of sp³-hybridized carbons (Fsp3) is 0.286. The predicted molar refractivity (Wildman–Crippen MR) is 113 cm³/mol. The van der Waals surface area contributed by atoms with Gasteiger partial charge in [-0.2, -0.15) is 0 Å². The first-order valence-corrected chi connectivity index (χ1v) is 10.5. The molecule has 144 valence electrons. The molecule has 5 nitrogen and oxygen atoms in total. The summed E-state index contributed by atoms with van der Waals surface area (Å²) in [5.74, 6) is -0.128. The van der Waals surface area contributed by atoms with Crippen molar-refractivity contribution in [1.29, 1.82) is 0 Å². The second-order valence-electron chi connectivity index (χ2n) is 7.02. The van der Waals surface area contributed by atoms with E-state index in [4.69, 9.17) is 11.6 Å². The van der Waals surface area contributed by atoms with Crippen LogP contribution in [-0.2, 0) is 6.54 Å². The van der Waals surface area contributed by atoms with E-state index in [9.17, 15) is 4.79 Å². The number of anilines is 1. The molecular weight excluding hydrogens is 392 g/mol. The summed E-state index contributed by atoms with van der Waals surface area (Å²) in [6.45, 7) is 3.84. The second-order valence-corrected chi connectivity index (χ2v) is 8.26. The maximum absolute atomic E-state index is 12.4. The third kappa shape index (κ3) is 4.41. The molecule has 1 amide bonds. The van der Waals surface area contributed by atoms with Crippen molar-refractivity contribution in [2.75, 3.05) is 11.9 Å². The molecule has 1 fully saturated rings. The Morgan fingerprint density at radius 1 is 1.29 bits per heavy atom. The maximum Gasteiger partial charge on any atom is 0.257 e. The second kappa shape index (κ2) is 8.39. The number of carbonyl (C=O) groups is 1. The Labute approximate surface area is 173 Å². The van der Waals surface area contributed by atoms with Gasteiger partial charge in [0.2, 0.25) is 0 Å². The number of halogens is 1. The standard InChI is InChI=1S/C21H21ClN4OS/c1-14-4-7-16(8-5-14)20(27)25-21-24-17(13-28-21)18-3-2-10-26(18)12-15-6-9-19(22)23-11-15/h4-9,11,13,18H,2-3,10,12H2,1H3,(H,24,25,27). The van der Waals surface area contributed by atoms with Crippen molar-refractivity contribution in [2.45, 2.75) is 32.4 Å². The van der Waals surface area contributed by atoms with E-state index in [0.29, 0.717) is 15.8 Å². The van der Waals surface area contributed by atoms with Crippen molar-refractivity contribution < 1.29 is 4.79 Å². The van der Waals surface area contributed by atoms with Crippen LogP contribution < -0.4 is 5.32 Å². The van der Waals surface area contributed by atoms with Gasteiger partial charge in [-0.3, -0.25) is 15.0 Å². The molecule has 7 heteroatoms. The van der Waals surface area contributed by atoms with Gasteiger partial charge in [0.1, 0.15) is 5.15 Å². The normalized spacial score (nSPS) is 17.0. The molecule has 1 aliphatic rings. The number of aryl methyl sites for hydroxylation is 1. The van der Waals surface area contributed by atoms with E-state index in [1.54, 1.807) is 0 Å². The third-order valence-corrected chi connectivity index (χ3v) is 5.94. The number of nitrogens with zero attached hydrogens (tertiary/aromatic N) is 3. The van der Waals surface area contributed by atoms with Gasteiger partial charge in [0.05, 0.1) is 11.7 Å². The number of benzene rings is 1. The summed E-state index contributed by atoms with van der Waals surface area (Å²) in [7, 11) is 0. The highest BCUT2D eigenvalue weighted by Crippen LogP contribution is 2.34. The zero-order valence-corrected chi connectivity index (χ0v) is 17.1. The van der Waals surface area contributed by atoms with Crippen molar-refractivity contribution in [3.63, 3.8) is 0 Å². The molecule has 1 saturated heterocycles. The lowest BCUT2D eigenvalue weighted by Gasteiger charge is -2.22. The summed E-state index contributed by atoms with van der Waals surface area (Å²) < 4.78 is 0. The van der Waals surface area contributed by atoms with E-state index in [1.807, 2.05) is 54.9 Å². The van der Waals surface area contributed by atoms with E-state index in [-0.39, 0.29) is 11.9 Å². The molecule has 0 radical (unpaired) electrons. The van der Waals surface area contributed by atoms with Crippen molar-refractivity contribution in [1.82, 2.24) is 14.9 Å². The highest BCUT2D eigenvalue weighted by Gasteiger charge is 2.28. The molecule has 1 unspecified atom stereocenters. The third-order valence-electron chi connectivity index (χ3n) is 4.94. The Hall–Kier alpha value is -2.28. The monoisotopic (exact) mass is 412 g/mol. The van der Waals surface area contributed by atoms with Crippen LogP contribution >= 0.6 is 22.9 Å². The molecule has 3 heterocycles. The maximum atomic E-state index is 12.4. The molecule has 3 aromatic rings. The van der Waals surface area contributed by atoms with Crippen LogP contribution in [0.25, 0.3) is 0 Å². The largest absolute Gasteiger partial charge is 0.298 e. The van der Waals surface area contributed by atoms with Crippen molar-refractivity contribution in [2.24, 2.45) is 0 Å². The summed E-state index contributed by atoms with van der Waals surface area (Å²) in [4.78, 5) is 23.7. The minimum absolute atomic E-state index is 0.128. The van der Waals surface area contributed by atoms with E-state index in [1.165, 1.54) is 11.3 Å². The number of pyridine rings is 1. The summed E-state index contributed by atoms with van der Waals surface area (Å²) in [6, 6.07) is 11.6. The Morgan fingerprint density at radius 3 is 2.86 bits per heavy atom. The lowest BCUT2D eigenvalue weighted by molar-refractivity contribution is 0.102. The Kier molecular flexibility index (Phi) is 5.71. The highest BCUT2D eigenvalue weighted by atomic mass is 35.5. The molecule has 1 atom stereocenters. The first-order valence-electron chi connectivity index (χ1n) is 9.26. The van der Waals surface area contributed by atoms with Gasteiger partial charge in [-0.15, -0.1) is 11.3 Å². The average molecular weight is 413 g/mol. The topological polar surface area (TPSA) is 58.1 Å². The van der Waals surface area contributed by atoms with Gasteiger partial charge in [-0.05, 0) is 50.1 Å². The Bertz CT molecular complexity index is 955. The van der Waals surface area contributed by atoms with Gasteiger partial charge in [-0.25, -0.2) is 9.97 Å². The van der Waals surface area contributed by atoms with Crippen LogP contribution in [-0.4, -0.2) is 27.3 Å². The van der Waals surface area contributed by atoms with Crippen molar-refractivity contribution in [3.8, 4) is 0 Å². The molecule has 1 aliphatic heterocycles. The van der Waals surface area contributed by atoms with Gasteiger partial charge >= 0.3 is 0 Å². The molecule has 2 aromatic heterocycles. The number of likely N-dealkylation sites (tertiary alicyclic amines) is 1. The molecule has 28 heavy (non-hydrogen) atoms. The summed E-state index contributed by atoms with van der Waals surface area (Å²) in [6.07, 6.45) is 4.02. The van der Waals surface area contributed by atoms with Gasteiger partial charge < -0.3 is 0 Å². The molecule has 0 saturated carbocycles. The van der Waals surface area contributed by atoms with Crippen LogP contribution in [0.5, 0.6) is 0 Å². The first-order chi connectivity index (χ1) is 13.6. The summed E-state index contributed by atoms with van der Waals surface area (Å²) in [5, 5.41) is 6.12. The van der Waals surface area contributed by atoms with Crippen LogP contribution in [0.3, 0.4) is 0 Å². The lowest BCUT2D eigenvalue weighted by atomic mass is 10.1. The number of carbonyl (C=O) groups excluding carboxylic acids is 1. The number of aromatic nitrogens is 2. The van der Waals surface area contributed by atoms with Crippen LogP contribution in [0.2, 0.25) is 5.15 Å². The smallest absolute Gasteiger partial charge is 0.257 e. The van der Waals surface area contributed by atoms with Crippen LogP contribution in [0.4, 0.5) is 5.13 Å². The molecule has 0 bridgehead atoms.